The third kappa shape index (κ3) is 2.69. The van der Waals surface area contributed by atoms with Crippen LogP contribution in [0.4, 0.5) is 0 Å². The van der Waals surface area contributed by atoms with Gasteiger partial charge in [0.05, 0.1) is 12.5 Å². The lowest BCUT2D eigenvalue weighted by molar-refractivity contribution is 0.165. The second kappa shape index (κ2) is 6.67. The number of hydrogen-bond donors (Lipinski definition) is 0. The molecule has 2 aliphatic heterocycles. The highest BCUT2D eigenvalue weighted by molar-refractivity contribution is 7.18. The van der Waals surface area contributed by atoms with Crippen molar-refractivity contribution in [2.24, 2.45) is 0 Å². The lowest BCUT2D eigenvalue weighted by Crippen LogP contribution is -2.19. The molecule has 7 heteroatoms. The molecule has 0 radical (unpaired) electrons. The molecule has 0 saturated carbocycles. The Morgan fingerprint density at radius 1 is 1.29 bits per heavy atom. The van der Waals surface area contributed by atoms with Crippen LogP contribution in [0.5, 0.6) is 17.2 Å². The van der Waals surface area contributed by atoms with E-state index in [9.17, 15) is 4.79 Å². The molecule has 0 amide bonds. The van der Waals surface area contributed by atoms with E-state index in [0.717, 1.165) is 40.0 Å². The third-order valence-corrected chi connectivity index (χ3v) is 6.31. The van der Waals surface area contributed by atoms with Crippen molar-refractivity contribution in [3.05, 3.63) is 44.8 Å². The van der Waals surface area contributed by atoms with E-state index >= 15 is 0 Å². The second-order valence-electron chi connectivity index (χ2n) is 6.84. The fourth-order valence-corrected chi connectivity index (χ4v) is 4.71. The molecule has 6 nitrogen and oxygen atoms in total. The van der Waals surface area contributed by atoms with E-state index in [1.807, 2.05) is 18.2 Å². The van der Waals surface area contributed by atoms with E-state index in [2.05, 4.69) is 13.0 Å². The van der Waals surface area contributed by atoms with Crippen molar-refractivity contribution in [3.63, 3.8) is 0 Å². The summed E-state index contributed by atoms with van der Waals surface area (Å²) in [6.07, 6.45) is 3.75. The predicted octanol–water partition coefficient (Wildman–Crippen LogP) is 3.74. The van der Waals surface area contributed by atoms with Crippen LogP contribution in [-0.2, 0) is 13.0 Å². The zero-order valence-electron chi connectivity index (χ0n) is 15.8. The molecule has 144 valence electrons. The molecule has 0 fully saturated rings. The molecule has 0 N–H and O–H groups in total. The van der Waals surface area contributed by atoms with E-state index in [4.69, 9.17) is 19.2 Å². The van der Waals surface area contributed by atoms with Crippen LogP contribution in [-0.4, -0.2) is 29.9 Å². The minimum atomic E-state index is 0.0547. The van der Waals surface area contributed by atoms with Gasteiger partial charge in [-0.05, 0) is 48.3 Å². The monoisotopic (exact) mass is 396 g/mol. The summed E-state index contributed by atoms with van der Waals surface area (Å²) in [6, 6.07) is 5.86. The number of allylic oxidation sites excluding steroid dienone is 1. The number of thiophene rings is 1. The van der Waals surface area contributed by atoms with Gasteiger partial charge in [-0.15, -0.1) is 11.3 Å². The molecule has 0 aliphatic carbocycles. The van der Waals surface area contributed by atoms with Gasteiger partial charge in [-0.3, -0.25) is 9.36 Å². The summed E-state index contributed by atoms with van der Waals surface area (Å²) in [7, 11) is 1.62. The van der Waals surface area contributed by atoms with Gasteiger partial charge >= 0.3 is 0 Å². The van der Waals surface area contributed by atoms with Crippen LogP contribution >= 0.6 is 11.3 Å². The molecule has 3 aromatic rings. The largest absolute Gasteiger partial charge is 0.493 e. The molecule has 0 saturated heterocycles. The number of methoxy groups -OCH3 is 1. The Hall–Kier alpha value is -2.80. The average Bonchev–Trinajstić information content (AvgIpc) is 3.32. The van der Waals surface area contributed by atoms with Crippen molar-refractivity contribution in [1.82, 2.24) is 9.55 Å². The van der Waals surface area contributed by atoms with Crippen molar-refractivity contribution in [3.8, 4) is 17.2 Å². The summed E-state index contributed by atoms with van der Waals surface area (Å²) in [5.74, 6) is 2.73. The highest BCUT2D eigenvalue weighted by Gasteiger charge is 2.23. The number of rotatable bonds is 3. The van der Waals surface area contributed by atoms with Gasteiger partial charge in [-0.25, -0.2) is 4.98 Å². The standard InChI is InChI=1S/C21H20N2O4S/c1-3-14-11-15-20(28-14)22-19-13(4-5-23(19)21(15)24)8-12-9-16(25-2)18-17(10-12)26-6-7-27-18/h8-11H,3-7H2,1-2H3. The van der Waals surface area contributed by atoms with Crippen molar-refractivity contribution in [2.75, 3.05) is 20.3 Å². The summed E-state index contributed by atoms with van der Waals surface area (Å²) < 4.78 is 18.7. The minimum absolute atomic E-state index is 0.0547. The molecular formula is C21H20N2O4S. The predicted molar refractivity (Wildman–Crippen MR) is 110 cm³/mol. The molecule has 1 aromatic carbocycles. The average molecular weight is 396 g/mol. The Morgan fingerprint density at radius 2 is 2.14 bits per heavy atom. The summed E-state index contributed by atoms with van der Waals surface area (Å²) in [5, 5.41) is 0.729. The van der Waals surface area contributed by atoms with Gasteiger partial charge < -0.3 is 14.2 Å². The lowest BCUT2D eigenvalue weighted by Gasteiger charge is -2.21. The van der Waals surface area contributed by atoms with Crippen molar-refractivity contribution < 1.29 is 14.2 Å². The summed E-state index contributed by atoms with van der Waals surface area (Å²) in [4.78, 5) is 19.7. The molecule has 5 rings (SSSR count). The van der Waals surface area contributed by atoms with Crippen LogP contribution in [0.1, 0.15) is 29.6 Å². The Morgan fingerprint density at radius 3 is 2.96 bits per heavy atom. The number of ether oxygens (including phenoxy) is 3. The molecule has 2 aliphatic rings. The Kier molecular flexibility index (Phi) is 4.12. The SMILES string of the molecule is CCc1cc2c(=O)n3c(nc2s1)C(=Cc1cc(OC)c2c(c1)OCCO2)CC3. The Bertz CT molecular complexity index is 1160. The minimum Gasteiger partial charge on any atom is -0.493 e. The van der Waals surface area contributed by atoms with E-state index in [-0.39, 0.29) is 5.56 Å². The van der Waals surface area contributed by atoms with Crippen LogP contribution in [0.3, 0.4) is 0 Å². The fourth-order valence-electron chi connectivity index (χ4n) is 3.75. The van der Waals surface area contributed by atoms with Gasteiger partial charge in [0, 0.05) is 11.4 Å². The van der Waals surface area contributed by atoms with Crippen LogP contribution in [0.2, 0.25) is 0 Å². The van der Waals surface area contributed by atoms with Crippen molar-refractivity contribution >= 4 is 33.2 Å². The summed E-state index contributed by atoms with van der Waals surface area (Å²) >= 11 is 1.60. The van der Waals surface area contributed by atoms with E-state index in [1.54, 1.807) is 23.0 Å². The Balaban J connectivity index is 1.62. The highest BCUT2D eigenvalue weighted by atomic mass is 32.1. The zero-order valence-corrected chi connectivity index (χ0v) is 16.6. The lowest BCUT2D eigenvalue weighted by atomic mass is 10.1. The maximum atomic E-state index is 12.9. The smallest absolute Gasteiger partial charge is 0.262 e. The molecule has 0 atom stereocenters. The fraction of sp³-hybridized carbons (Fsp3) is 0.333. The number of fused-ring (bicyclic) bond motifs is 3. The first-order valence-electron chi connectivity index (χ1n) is 9.39. The van der Waals surface area contributed by atoms with Crippen LogP contribution in [0.15, 0.2) is 23.0 Å². The summed E-state index contributed by atoms with van der Waals surface area (Å²) in [6.45, 7) is 3.78. The van der Waals surface area contributed by atoms with Crippen molar-refractivity contribution in [1.29, 1.82) is 0 Å². The maximum Gasteiger partial charge on any atom is 0.262 e. The quantitative estimate of drug-likeness (QED) is 0.675. The number of hydrogen-bond acceptors (Lipinski definition) is 6. The van der Waals surface area contributed by atoms with E-state index in [0.29, 0.717) is 37.0 Å². The summed E-state index contributed by atoms with van der Waals surface area (Å²) in [5.41, 5.74) is 2.04. The van der Waals surface area contributed by atoms with Crippen molar-refractivity contribution in [2.45, 2.75) is 26.3 Å². The highest BCUT2D eigenvalue weighted by Crippen LogP contribution is 2.41. The van der Waals surface area contributed by atoms with Crippen LogP contribution < -0.4 is 19.8 Å². The molecular weight excluding hydrogens is 376 g/mol. The topological polar surface area (TPSA) is 62.6 Å². The first kappa shape index (κ1) is 17.3. The number of nitrogens with zero attached hydrogens (tertiary/aromatic N) is 2. The molecule has 0 unspecified atom stereocenters. The van der Waals surface area contributed by atoms with Gasteiger partial charge in [-0.1, -0.05) is 6.92 Å². The molecule has 2 aromatic heterocycles. The third-order valence-electron chi connectivity index (χ3n) is 5.13. The van der Waals surface area contributed by atoms with Crippen LogP contribution in [0.25, 0.3) is 21.9 Å². The first-order valence-corrected chi connectivity index (χ1v) is 10.2. The maximum absolute atomic E-state index is 12.9. The number of aryl methyl sites for hydroxylation is 1. The second-order valence-corrected chi connectivity index (χ2v) is 7.96. The van der Waals surface area contributed by atoms with Gasteiger partial charge in [0.2, 0.25) is 5.75 Å². The molecule has 0 spiro atoms. The van der Waals surface area contributed by atoms with Gasteiger partial charge in [0.1, 0.15) is 23.9 Å². The molecule has 28 heavy (non-hydrogen) atoms. The van der Waals surface area contributed by atoms with E-state index < -0.39 is 0 Å². The molecule has 4 heterocycles. The van der Waals surface area contributed by atoms with Gasteiger partial charge in [0.15, 0.2) is 11.5 Å². The van der Waals surface area contributed by atoms with Gasteiger partial charge in [-0.2, -0.15) is 0 Å². The van der Waals surface area contributed by atoms with Crippen LogP contribution in [0, 0.1) is 0 Å². The number of aromatic nitrogens is 2. The normalized spacial score (nSPS) is 16.6. The molecule has 0 bridgehead atoms. The first-order chi connectivity index (χ1) is 13.7. The number of benzene rings is 1. The van der Waals surface area contributed by atoms with Gasteiger partial charge in [0.25, 0.3) is 5.56 Å². The Labute approximate surface area is 166 Å². The van der Waals surface area contributed by atoms with E-state index in [1.165, 1.54) is 4.88 Å². The zero-order chi connectivity index (χ0) is 19.3.